The molecule has 1 saturated carbocycles. The highest BCUT2D eigenvalue weighted by Gasteiger charge is 2.22. The Hall–Kier alpha value is -1.42. The summed E-state index contributed by atoms with van der Waals surface area (Å²) in [4.78, 5) is 9.17. The van der Waals surface area contributed by atoms with Gasteiger partial charge in [0.15, 0.2) is 0 Å². The molecule has 0 aliphatic heterocycles. The third-order valence-electron chi connectivity index (χ3n) is 3.73. The summed E-state index contributed by atoms with van der Waals surface area (Å²) in [5, 5.41) is 0. The molecular weight excluding hydrogens is 212 g/mol. The second-order valence-corrected chi connectivity index (χ2v) is 4.91. The van der Waals surface area contributed by atoms with E-state index in [9.17, 15) is 0 Å². The smallest absolute Gasteiger partial charge is 0.0956 e. The van der Waals surface area contributed by atoms with E-state index in [0.29, 0.717) is 12.5 Å². The normalized spacial score (nSPS) is 17.1. The van der Waals surface area contributed by atoms with Crippen molar-refractivity contribution >= 4 is 11.0 Å². The van der Waals surface area contributed by atoms with E-state index in [-0.39, 0.29) is 0 Å². The summed E-state index contributed by atoms with van der Waals surface area (Å²) in [6, 6.07) is 2.01. The Morgan fingerprint density at radius 2 is 2.18 bits per heavy atom. The molecule has 4 nitrogen and oxygen atoms in total. The first-order valence-electron chi connectivity index (χ1n) is 6.30. The van der Waals surface area contributed by atoms with E-state index < -0.39 is 0 Å². The zero-order valence-electron chi connectivity index (χ0n) is 10.2. The zero-order valence-corrected chi connectivity index (χ0v) is 10.2. The highest BCUT2D eigenvalue weighted by Crippen LogP contribution is 2.36. The molecule has 2 aromatic heterocycles. The minimum atomic E-state index is 0.492. The predicted octanol–water partition coefficient (Wildman–Crippen LogP) is 2.08. The van der Waals surface area contributed by atoms with Gasteiger partial charge in [-0.3, -0.25) is 4.98 Å². The Labute approximate surface area is 101 Å². The maximum Gasteiger partial charge on any atom is 0.0956 e. The standard InChI is InChI=1S/C13H18N4/c1-17-8-15-11-6-10(7-14)16-12(13(11)17)9-4-2-3-5-9/h6,8-9H,2-5,7,14H2,1H3. The van der Waals surface area contributed by atoms with Crippen molar-refractivity contribution in [3.63, 3.8) is 0 Å². The zero-order chi connectivity index (χ0) is 11.8. The second-order valence-electron chi connectivity index (χ2n) is 4.91. The third kappa shape index (κ3) is 1.72. The monoisotopic (exact) mass is 230 g/mol. The lowest BCUT2D eigenvalue weighted by Crippen LogP contribution is -2.06. The van der Waals surface area contributed by atoms with Crippen LogP contribution in [0.3, 0.4) is 0 Å². The van der Waals surface area contributed by atoms with Crippen LogP contribution in [0.5, 0.6) is 0 Å². The molecule has 0 atom stereocenters. The number of fused-ring (bicyclic) bond motifs is 1. The summed E-state index contributed by atoms with van der Waals surface area (Å²) in [7, 11) is 2.04. The first-order chi connectivity index (χ1) is 8.29. The van der Waals surface area contributed by atoms with Crippen LogP contribution in [0.4, 0.5) is 0 Å². The SMILES string of the molecule is Cn1cnc2cc(CN)nc(C3CCCC3)c21. The summed E-state index contributed by atoms with van der Waals surface area (Å²) in [6.07, 6.45) is 7.00. The molecule has 1 aliphatic carbocycles. The summed E-state index contributed by atoms with van der Waals surface area (Å²) >= 11 is 0. The number of hydrogen-bond acceptors (Lipinski definition) is 3. The van der Waals surface area contributed by atoms with Crippen LogP contribution in [0.15, 0.2) is 12.4 Å². The van der Waals surface area contributed by atoms with Crippen LogP contribution in [0.2, 0.25) is 0 Å². The third-order valence-corrected chi connectivity index (χ3v) is 3.73. The topological polar surface area (TPSA) is 56.7 Å². The number of aromatic nitrogens is 3. The van der Waals surface area contributed by atoms with Crippen molar-refractivity contribution in [2.45, 2.75) is 38.1 Å². The molecule has 17 heavy (non-hydrogen) atoms. The van der Waals surface area contributed by atoms with Gasteiger partial charge in [-0.2, -0.15) is 0 Å². The lowest BCUT2D eigenvalue weighted by molar-refractivity contribution is 0.693. The van der Waals surface area contributed by atoms with E-state index in [1.807, 2.05) is 19.4 Å². The van der Waals surface area contributed by atoms with E-state index in [0.717, 1.165) is 11.2 Å². The fourth-order valence-electron chi connectivity index (χ4n) is 2.85. The van der Waals surface area contributed by atoms with Crippen molar-refractivity contribution in [1.29, 1.82) is 0 Å². The Balaban J connectivity index is 2.21. The van der Waals surface area contributed by atoms with Gasteiger partial charge in [0.05, 0.1) is 28.7 Å². The largest absolute Gasteiger partial charge is 0.332 e. The van der Waals surface area contributed by atoms with Crippen LogP contribution in [0.1, 0.15) is 43.0 Å². The van der Waals surface area contributed by atoms with Gasteiger partial charge < -0.3 is 10.3 Å². The molecule has 3 rings (SSSR count). The van der Waals surface area contributed by atoms with Crippen molar-refractivity contribution in [3.8, 4) is 0 Å². The van der Waals surface area contributed by atoms with Crippen LogP contribution in [-0.2, 0) is 13.6 Å². The maximum absolute atomic E-state index is 5.72. The Morgan fingerprint density at radius 3 is 2.88 bits per heavy atom. The maximum atomic E-state index is 5.72. The van der Waals surface area contributed by atoms with Crippen LogP contribution < -0.4 is 5.73 Å². The van der Waals surface area contributed by atoms with Crippen molar-refractivity contribution in [3.05, 3.63) is 23.8 Å². The lowest BCUT2D eigenvalue weighted by atomic mass is 10.0. The number of rotatable bonds is 2. The Kier molecular flexibility index (Phi) is 2.59. The number of nitrogens with zero attached hydrogens (tertiary/aromatic N) is 3. The van der Waals surface area contributed by atoms with Crippen LogP contribution >= 0.6 is 0 Å². The van der Waals surface area contributed by atoms with E-state index in [2.05, 4.69) is 9.55 Å². The molecular formula is C13H18N4. The number of aryl methyl sites for hydroxylation is 1. The minimum absolute atomic E-state index is 0.492. The second kappa shape index (κ2) is 4.11. The van der Waals surface area contributed by atoms with Gasteiger partial charge in [0.2, 0.25) is 0 Å². The van der Waals surface area contributed by atoms with Crippen LogP contribution in [-0.4, -0.2) is 14.5 Å². The van der Waals surface area contributed by atoms with E-state index in [1.165, 1.54) is 36.9 Å². The fourth-order valence-corrected chi connectivity index (χ4v) is 2.85. The van der Waals surface area contributed by atoms with Gasteiger partial charge in [0, 0.05) is 19.5 Å². The molecule has 0 spiro atoms. The van der Waals surface area contributed by atoms with E-state index in [4.69, 9.17) is 10.7 Å². The molecule has 1 fully saturated rings. The van der Waals surface area contributed by atoms with Gasteiger partial charge in [0.25, 0.3) is 0 Å². The lowest BCUT2D eigenvalue weighted by Gasteiger charge is -2.12. The molecule has 0 saturated heterocycles. The molecule has 0 unspecified atom stereocenters. The average Bonchev–Trinajstić information content (AvgIpc) is 2.98. The molecule has 2 heterocycles. The summed E-state index contributed by atoms with van der Waals surface area (Å²) in [5.41, 5.74) is 10.1. The summed E-state index contributed by atoms with van der Waals surface area (Å²) in [5.74, 6) is 0.597. The number of nitrogens with two attached hydrogens (primary N) is 1. The quantitative estimate of drug-likeness (QED) is 0.859. The summed E-state index contributed by atoms with van der Waals surface area (Å²) < 4.78 is 2.08. The highest BCUT2D eigenvalue weighted by atomic mass is 15.0. The van der Waals surface area contributed by atoms with Gasteiger partial charge in [-0.15, -0.1) is 0 Å². The van der Waals surface area contributed by atoms with Crippen molar-refractivity contribution in [2.75, 3.05) is 0 Å². The highest BCUT2D eigenvalue weighted by molar-refractivity contribution is 5.78. The molecule has 4 heteroatoms. The first-order valence-corrected chi connectivity index (χ1v) is 6.30. The molecule has 2 aromatic rings. The fraction of sp³-hybridized carbons (Fsp3) is 0.538. The van der Waals surface area contributed by atoms with Crippen molar-refractivity contribution in [2.24, 2.45) is 12.8 Å². The molecule has 0 aromatic carbocycles. The van der Waals surface area contributed by atoms with Gasteiger partial charge in [-0.1, -0.05) is 12.8 Å². The first kappa shape index (κ1) is 10.7. The number of hydrogen-bond donors (Lipinski definition) is 1. The number of pyridine rings is 1. The van der Waals surface area contributed by atoms with Gasteiger partial charge in [0.1, 0.15) is 0 Å². The molecule has 90 valence electrons. The van der Waals surface area contributed by atoms with E-state index >= 15 is 0 Å². The van der Waals surface area contributed by atoms with E-state index in [1.54, 1.807) is 0 Å². The van der Waals surface area contributed by atoms with Crippen molar-refractivity contribution in [1.82, 2.24) is 14.5 Å². The molecule has 1 aliphatic rings. The Bertz CT molecular complexity index is 538. The predicted molar refractivity (Wildman–Crippen MR) is 67.6 cm³/mol. The molecule has 0 radical (unpaired) electrons. The molecule has 2 N–H and O–H groups in total. The van der Waals surface area contributed by atoms with Crippen LogP contribution in [0.25, 0.3) is 11.0 Å². The Morgan fingerprint density at radius 1 is 1.41 bits per heavy atom. The van der Waals surface area contributed by atoms with Gasteiger partial charge in [-0.25, -0.2) is 4.98 Å². The van der Waals surface area contributed by atoms with Gasteiger partial charge in [-0.05, 0) is 18.9 Å². The van der Waals surface area contributed by atoms with Crippen molar-refractivity contribution < 1.29 is 0 Å². The van der Waals surface area contributed by atoms with Gasteiger partial charge >= 0.3 is 0 Å². The number of imidazole rings is 1. The van der Waals surface area contributed by atoms with Crippen LogP contribution in [0, 0.1) is 0 Å². The average molecular weight is 230 g/mol. The summed E-state index contributed by atoms with van der Waals surface area (Å²) in [6.45, 7) is 0.492. The minimum Gasteiger partial charge on any atom is -0.332 e. The molecule has 0 amide bonds. The molecule has 0 bridgehead atoms.